The van der Waals surface area contributed by atoms with Gasteiger partial charge in [0.05, 0.1) is 13.1 Å². The molecule has 1 aromatic carbocycles. The van der Waals surface area contributed by atoms with Crippen LogP contribution in [0, 0.1) is 11.8 Å². The number of hydrogen-bond donors (Lipinski definition) is 2. The molecule has 1 amide bonds. The summed E-state index contributed by atoms with van der Waals surface area (Å²) in [5.41, 5.74) is 6.79. The molecule has 1 aromatic heterocycles. The van der Waals surface area contributed by atoms with E-state index >= 15 is 0 Å². The van der Waals surface area contributed by atoms with Crippen LogP contribution >= 0.6 is 27.3 Å². The lowest BCUT2D eigenvalue weighted by atomic mass is 10.1. The van der Waals surface area contributed by atoms with Crippen molar-refractivity contribution in [2.24, 2.45) is 5.73 Å². The predicted octanol–water partition coefficient (Wildman–Crippen LogP) is 2.75. The van der Waals surface area contributed by atoms with Crippen molar-refractivity contribution in [3.05, 3.63) is 56.2 Å². The first-order valence-corrected chi connectivity index (χ1v) is 7.66. The summed E-state index contributed by atoms with van der Waals surface area (Å²) in [7, 11) is 0. The van der Waals surface area contributed by atoms with Crippen molar-refractivity contribution in [3.8, 4) is 11.8 Å². The molecule has 2 aromatic rings. The predicted molar refractivity (Wildman–Crippen MR) is 85.6 cm³/mol. The van der Waals surface area contributed by atoms with E-state index < -0.39 is 0 Å². The number of halogens is 1. The first-order valence-electron chi connectivity index (χ1n) is 5.99. The molecular weight excluding hydrogens is 336 g/mol. The molecule has 3 N–H and O–H groups in total. The van der Waals surface area contributed by atoms with Crippen LogP contribution < -0.4 is 11.1 Å². The van der Waals surface area contributed by atoms with E-state index in [0.717, 1.165) is 14.9 Å². The van der Waals surface area contributed by atoms with E-state index in [2.05, 4.69) is 33.1 Å². The normalized spacial score (nSPS) is 9.70. The lowest BCUT2D eigenvalue weighted by molar-refractivity contribution is 0.0951. The number of thiophene rings is 1. The maximum atomic E-state index is 12.0. The van der Waals surface area contributed by atoms with Gasteiger partial charge in [-0.25, -0.2) is 0 Å². The number of hydrogen-bond acceptors (Lipinski definition) is 3. The zero-order chi connectivity index (χ0) is 14.4. The average Bonchev–Trinajstić information content (AvgIpc) is 2.89. The van der Waals surface area contributed by atoms with E-state index in [1.54, 1.807) is 23.5 Å². The number of nitrogens with one attached hydrogen (secondary N) is 1. The van der Waals surface area contributed by atoms with E-state index in [1.807, 2.05) is 23.6 Å². The van der Waals surface area contributed by atoms with Crippen molar-refractivity contribution in [2.75, 3.05) is 6.54 Å². The lowest BCUT2D eigenvalue weighted by Gasteiger charge is -2.03. The van der Waals surface area contributed by atoms with Gasteiger partial charge in [0, 0.05) is 25.9 Å². The van der Waals surface area contributed by atoms with Crippen molar-refractivity contribution in [1.82, 2.24) is 5.32 Å². The van der Waals surface area contributed by atoms with Gasteiger partial charge in [0.25, 0.3) is 5.91 Å². The Balaban J connectivity index is 1.95. The SMILES string of the molecule is NCC#Cc1ccc(C(=O)NCc2cc(Br)cs2)cc1. The third-order valence-corrected chi connectivity index (χ3v) is 4.22. The Morgan fingerprint density at radius 2 is 2.10 bits per heavy atom. The van der Waals surface area contributed by atoms with Crippen LogP contribution in [0.2, 0.25) is 0 Å². The lowest BCUT2D eigenvalue weighted by Crippen LogP contribution is -2.22. The highest BCUT2D eigenvalue weighted by molar-refractivity contribution is 9.10. The molecular formula is C15H13BrN2OS. The van der Waals surface area contributed by atoms with Crippen molar-refractivity contribution in [3.63, 3.8) is 0 Å². The largest absolute Gasteiger partial charge is 0.347 e. The van der Waals surface area contributed by atoms with Gasteiger partial charge in [0.1, 0.15) is 0 Å². The number of rotatable bonds is 3. The number of carbonyl (C=O) groups excluding carboxylic acids is 1. The number of nitrogens with two attached hydrogens (primary N) is 1. The second-order valence-electron chi connectivity index (χ2n) is 4.00. The second kappa shape index (κ2) is 7.25. The van der Waals surface area contributed by atoms with Crippen LogP contribution in [-0.4, -0.2) is 12.5 Å². The molecule has 0 unspecified atom stereocenters. The summed E-state index contributed by atoms with van der Waals surface area (Å²) >= 11 is 5.00. The first kappa shape index (κ1) is 14.8. The fourth-order valence-corrected chi connectivity index (χ4v) is 2.96. The monoisotopic (exact) mass is 348 g/mol. The van der Waals surface area contributed by atoms with E-state index in [-0.39, 0.29) is 5.91 Å². The quantitative estimate of drug-likeness (QED) is 0.838. The van der Waals surface area contributed by atoms with Crippen LogP contribution in [0.3, 0.4) is 0 Å². The van der Waals surface area contributed by atoms with E-state index in [4.69, 9.17) is 5.73 Å². The Labute approximate surface area is 130 Å². The Hall–Kier alpha value is -1.61. The summed E-state index contributed by atoms with van der Waals surface area (Å²) < 4.78 is 1.04. The van der Waals surface area contributed by atoms with Crippen molar-refractivity contribution in [2.45, 2.75) is 6.54 Å². The van der Waals surface area contributed by atoms with Gasteiger partial charge in [0.15, 0.2) is 0 Å². The highest BCUT2D eigenvalue weighted by Crippen LogP contribution is 2.19. The van der Waals surface area contributed by atoms with Crippen LogP contribution in [0.15, 0.2) is 40.2 Å². The molecule has 0 fully saturated rings. The van der Waals surface area contributed by atoms with Gasteiger partial charge >= 0.3 is 0 Å². The minimum atomic E-state index is -0.0899. The molecule has 0 radical (unpaired) electrons. The van der Waals surface area contributed by atoms with Crippen molar-refractivity contribution in [1.29, 1.82) is 0 Å². The van der Waals surface area contributed by atoms with Gasteiger partial charge in [-0.3, -0.25) is 4.79 Å². The molecule has 0 saturated heterocycles. The average molecular weight is 349 g/mol. The van der Waals surface area contributed by atoms with Crippen LogP contribution in [-0.2, 0) is 6.54 Å². The standard InChI is InChI=1S/C15H13BrN2OS/c16-13-8-14(20-10-13)9-18-15(19)12-5-3-11(4-6-12)2-1-7-17/h3-6,8,10H,7,9,17H2,(H,18,19). The molecule has 0 aliphatic rings. The molecule has 3 nitrogen and oxygen atoms in total. The molecule has 0 atom stereocenters. The molecule has 102 valence electrons. The maximum absolute atomic E-state index is 12.0. The Kier molecular flexibility index (Phi) is 5.36. The topological polar surface area (TPSA) is 55.1 Å². The summed E-state index contributed by atoms with van der Waals surface area (Å²) in [4.78, 5) is 13.1. The molecule has 1 heterocycles. The minimum Gasteiger partial charge on any atom is -0.347 e. The zero-order valence-electron chi connectivity index (χ0n) is 10.7. The summed E-state index contributed by atoms with van der Waals surface area (Å²) in [5.74, 6) is 5.61. The maximum Gasteiger partial charge on any atom is 0.251 e. The fraction of sp³-hybridized carbons (Fsp3) is 0.133. The molecule has 0 saturated carbocycles. The molecule has 0 bridgehead atoms. The van der Waals surface area contributed by atoms with Crippen molar-refractivity contribution >= 4 is 33.2 Å². The molecule has 20 heavy (non-hydrogen) atoms. The van der Waals surface area contributed by atoms with Gasteiger partial charge in [-0.2, -0.15) is 0 Å². The summed E-state index contributed by atoms with van der Waals surface area (Å²) in [5, 5.41) is 4.88. The second-order valence-corrected chi connectivity index (χ2v) is 5.91. The Morgan fingerprint density at radius 3 is 2.70 bits per heavy atom. The van der Waals surface area contributed by atoms with Crippen molar-refractivity contribution < 1.29 is 4.79 Å². The van der Waals surface area contributed by atoms with Gasteiger partial charge in [-0.1, -0.05) is 11.8 Å². The smallest absolute Gasteiger partial charge is 0.251 e. The highest BCUT2D eigenvalue weighted by atomic mass is 79.9. The fourth-order valence-electron chi connectivity index (χ4n) is 1.57. The first-order chi connectivity index (χ1) is 9.69. The number of benzene rings is 1. The number of amides is 1. The molecule has 5 heteroatoms. The van der Waals surface area contributed by atoms with E-state index in [9.17, 15) is 4.79 Å². The Bertz CT molecular complexity index is 653. The van der Waals surface area contributed by atoms with Crippen LogP contribution in [0.25, 0.3) is 0 Å². The number of carbonyl (C=O) groups is 1. The van der Waals surface area contributed by atoms with Crippen LogP contribution in [0.1, 0.15) is 20.8 Å². The summed E-state index contributed by atoms with van der Waals surface area (Å²) in [6, 6.07) is 9.16. The third-order valence-electron chi connectivity index (χ3n) is 2.53. The van der Waals surface area contributed by atoms with E-state index in [1.165, 1.54) is 0 Å². The van der Waals surface area contributed by atoms with Gasteiger partial charge in [-0.05, 0) is 46.3 Å². The Morgan fingerprint density at radius 1 is 1.35 bits per heavy atom. The van der Waals surface area contributed by atoms with E-state index in [0.29, 0.717) is 18.7 Å². The summed E-state index contributed by atoms with van der Waals surface area (Å²) in [6.07, 6.45) is 0. The molecule has 2 rings (SSSR count). The van der Waals surface area contributed by atoms with Gasteiger partial charge in [0.2, 0.25) is 0 Å². The van der Waals surface area contributed by atoms with Crippen LogP contribution in [0.5, 0.6) is 0 Å². The highest BCUT2D eigenvalue weighted by Gasteiger charge is 2.05. The summed E-state index contributed by atoms with van der Waals surface area (Å²) in [6.45, 7) is 0.864. The molecule has 0 aliphatic carbocycles. The third kappa shape index (κ3) is 4.20. The molecule has 0 spiro atoms. The molecule has 0 aliphatic heterocycles. The van der Waals surface area contributed by atoms with Crippen LogP contribution in [0.4, 0.5) is 0 Å². The zero-order valence-corrected chi connectivity index (χ0v) is 13.1. The van der Waals surface area contributed by atoms with Gasteiger partial charge < -0.3 is 11.1 Å². The van der Waals surface area contributed by atoms with Gasteiger partial charge in [-0.15, -0.1) is 11.3 Å². The minimum absolute atomic E-state index is 0.0899.